The van der Waals surface area contributed by atoms with Gasteiger partial charge in [0.25, 0.3) is 0 Å². The summed E-state index contributed by atoms with van der Waals surface area (Å²) in [4.78, 5) is 13.1. The van der Waals surface area contributed by atoms with E-state index in [1.165, 1.54) is 6.07 Å². The number of carbonyl (C=O) groups is 1. The lowest BCUT2D eigenvalue weighted by Crippen LogP contribution is -2.65. The molecule has 0 radical (unpaired) electrons. The van der Waals surface area contributed by atoms with E-state index in [1.807, 2.05) is 0 Å². The minimum absolute atomic E-state index is 0.0740. The van der Waals surface area contributed by atoms with E-state index in [2.05, 4.69) is 0 Å². The van der Waals surface area contributed by atoms with E-state index >= 15 is 0 Å². The molecule has 0 unspecified atom stereocenters. The molecule has 11 heteroatoms. The predicted molar refractivity (Wildman–Crippen MR) is 104 cm³/mol. The van der Waals surface area contributed by atoms with Crippen LogP contribution in [-0.2, 0) is 16.9 Å². The predicted octanol–water partition coefficient (Wildman–Crippen LogP) is -2.08. The Morgan fingerprint density at radius 2 is 1.44 bits per heavy atom. The smallest absolute Gasteiger partial charge is 0.201 e. The SMILES string of the molecule is O=C1c2c(O)cc(O)cc2[C@](O)([C@@H]2O[C@H](CO)[C@@H](O)[C@H](O)[C@H]2O)c2cc(CO)cc(O)c21. The van der Waals surface area contributed by atoms with Gasteiger partial charge >= 0.3 is 0 Å². The highest BCUT2D eigenvalue weighted by Gasteiger charge is 2.58. The van der Waals surface area contributed by atoms with Crippen LogP contribution in [0.2, 0.25) is 0 Å². The summed E-state index contributed by atoms with van der Waals surface area (Å²) >= 11 is 0. The molecule has 2 aromatic rings. The third-order valence-electron chi connectivity index (χ3n) is 6.04. The van der Waals surface area contributed by atoms with Crippen molar-refractivity contribution in [2.45, 2.75) is 42.7 Å². The zero-order chi connectivity index (χ0) is 23.5. The number of aliphatic hydroxyl groups is 6. The van der Waals surface area contributed by atoms with Crippen LogP contribution in [0.4, 0.5) is 0 Å². The van der Waals surface area contributed by atoms with Gasteiger partial charge in [0.2, 0.25) is 5.78 Å². The molecule has 32 heavy (non-hydrogen) atoms. The highest BCUT2D eigenvalue weighted by Crippen LogP contribution is 2.51. The molecule has 1 aliphatic carbocycles. The fraction of sp³-hybridized carbons (Fsp3) is 0.381. The molecular formula is C21H22O11. The van der Waals surface area contributed by atoms with Gasteiger partial charge in [-0.2, -0.15) is 0 Å². The monoisotopic (exact) mass is 450 g/mol. The van der Waals surface area contributed by atoms with Crippen molar-refractivity contribution in [1.29, 1.82) is 0 Å². The van der Waals surface area contributed by atoms with Gasteiger partial charge in [0.15, 0.2) is 0 Å². The average Bonchev–Trinajstić information content (AvgIpc) is 2.75. The molecule has 9 N–H and O–H groups in total. The van der Waals surface area contributed by atoms with Crippen LogP contribution < -0.4 is 0 Å². The van der Waals surface area contributed by atoms with Gasteiger partial charge in [-0.15, -0.1) is 0 Å². The van der Waals surface area contributed by atoms with E-state index in [9.17, 15) is 50.8 Å². The van der Waals surface area contributed by atoms with Crippen LogP contribution in [0.1, 0.15) is 32.6 Å². The Morgan fingerprint density at radius 3 is 2.03 bits per heavy atom. The molecule has 0 amide bonds. The van der Waals surface area contributed by atoms with E-state index in [-0.39, 0.29) is 11.1 Å². The molecule has 2 aromatic carbocycles. The molecule has 0 bridgehead atoms. The second-order valence-electron chi connectivity index (χ2n) is 7.93. The summed E-state index contributed by atoms with van der Waals surface area (Å²) in [5, 5.41) is 93.1. The number of aromatic hydroxyl groups is 3. The number of rotatable bonds is 3. The Morgan fingerprint density at radius 1 is 0.844 bits per heavy atom. The quantitative estimate of drug-likeness (QED) is 0.248. The molecular weight excluding hydrogens is 428 g/mol. The first-order valence-corrected chi connectivity index (χ1v) is 9.67. The van der Waals surface area contributed by atoms with E-state index in [0.717, 1.165) is 18.2 Å². The summed E-state index contributed by atoms with van der Waals surface area (Å²) in [6.45, 7) is -1.40. The molecule has 1 saturated heterocycles. The van der Waals surface area contributed by atoms with Crippen LogP contribution in [0.25, 0.3) is 0 Å². The van der Waals surface area contributed by atoms with Crippen LogP contribution in [0.15, 0.2) is 24.3 Å². The second-order valence-corrected chi connectivity index (χ2v) is 7.93. The normalized spacial score (nSPS) is 31.8. The van der Waals surface area contributed by atoms with Crippen molar-refractivity contribution in [3.63, 3.8) is 0 Å². The number of benzene rings is 2. The maximum atomic E-state index is 13.1. The van der Waals surface area contributed by atoms with Crippen molar-refractivity contribution >= 4 is 5.78 Å². The van der Waals surface area contributed by atoms with Gasteiger partial charge < -0.3 is 50.7 Å². The summed E-state index contributed by atoms with van der Waals surface area (Å²) in [6.07, 6.45) is -8.88. The minimum Gasteiger partial charge on any atom is -0.508 e. The molecule has 0 saturated carbocycles. The number of phenols is 3. The lowest BCUT2D eigenvalue weighted by molar-refractivity contribution is -0.265. The Bertz CT molecular complexity index is 1080. The van der Waals surface area contributed by atoms with Gasteiger partial charge in [-0.25, -0.2) is 0 Å². The van der Waals surface area contributed by atoms with E-state index < -0.39 is 89.1 Å². The minimum atomic E-state index is -2.59. The highest BCUT2D eigenvalue weighted by molar-refractivity contribution is 6.16. The summed E-state index contributed by atoms with van der Waals surface area (Å²) in [7, 11) is 0. The van der Waals surface area contributed by atoms with Crippen molar-refractivity contribution in [2.24, 2.45) is 0 Å². The van der Waals surface area contributed by atoms with Gasteiger partial charge in [0.1, 0.15) is 53.4 Å². The summed E-state index contributed by atoms with van der Waals surface area (Å²) in [5.41, 5.74) is -4.23. The van der Waals surface area contributed by atoms with Crippen molar-refractivity contribution < 1.29 is 55.5 Å². The Labute approximate surface area is 180 Å². The Balaban J connectivity index is 2.06. The molecule has 172 valence electrons. The Kier molecular flexibility index (Phi) is 5.38. The van der Waals surface area contributed by atoms with E-state index in [1.54, 1.807) is 0 Å². The number of ether oxygens (including phenoxy) is 1. The molecule has 11 nitrogen and oxygen atoms in total. The zero-order valence-corrected chi connectivity index (χ0v) is 16.5. The lowest BCUT2D eigenvalue weighted by atomic mass is 9.68. The van der Waals surface area contributed by atoms with Crippen molar-refractivity contribution in [3.8, 4) is 17.2 Å². The van der Waals surface area contributed by atoms with Crippen LogP contribution in [0, 0.1) is 0 Å². The van der Waals surface area contributed by atoms with Gasteiger partial charge in [-0.3, -0.25) is 4.79 Å². The maximum Gasteiger partial charge on any atom is 0.201 e. The van der Waals surface area contributed by atoms with Crippen molar-refractivity contribution in [2.75, 3.05) is 6.61 Å². The second kappa shape index (κ2) is 7.67. The van der Waals surface area contributed by atoms with Gasteiger partial charge in [-0.05, 0) is 23.8 Å². The number of phenolic OH excluding ortho intramolecular Hbond substituents is 3. The number of carbonyl (C=O) groups excluding carboxylic acids is 1. The summed E-state index contributed by atoms with van der Waals surface area (Å²) in [6, 6.07) is 4.03. The molecule has 1 fully saturated rings. The molecule has 4 rings (SSSR count). The van der Waals surface area contributed by atoms with Crippen LogP contribution >= 0.6 is 0 Å². The highest BCUT2D eigenvalue weighted by atomic mass is 16.6. The lowest BCUT2D eigenvalue weighted by Gasteiger charge is -2.49. The number of aliphatic hydroxyl groups excluding tert-OH is 5. The van der Waals surface area contributed by atoms with Gasteiger partial charge in [-0.1, -0.05) is 0 Å². The maximum absolute atomic E-state index is 13.1. The molecule has 1 heterocycles. The molecule has 2 aliphatic rings. The molecule has 1 aliphatic heterocycles. The first-order valence-electron chi connectivity index (χ1n) is 9.67. The zero-order valence-electron chi connectivity index (χ0n) is 16.5. The standard InChI is InChI=1S/C21H22O11/c22-5-7-1-9-14(11(25)2-7)17(28)15-10(3-8(24)4-12(15)26)21(9,31)20-19(30)18(29)16(27)13(6-23)32-20/h1-4,13,16,18-20,22-27,29-31H,5-6H2/t13-,16-,18+,19-,20-,21+/m1/s1. The number of hydrogen-bond donors (Lipinski definition) is 9. The first-order chi connectivity index (χ1) is 15.1. The molecule has 6 atom stereocenters. The van der Waals surface area contributed by atoms with Crippen LogP contribution in [0.3, 0.4) is 0 Å². The molecule has 0 spiro atoms. The average molecular weight is 450 g/mol. The largest absolute Gasteiger partial charge is 0.508 e. The summed E-state index contributed by atoms with van der Waals surface area (Å²) < 4.78 is 5.54. The van der Waals surface area contributed by atoms with E-state index in [0.29, 0.717) is 0 Å². The van der Waals surface area contributed by atoms with Crippen molar-refractivity contribution in [3.05, 3.63) is 52.1 Å². The third kappa shape index (κ3) is 2.98. The van der Waals surface area contributed by atoms with Gasteiger partial charge in [0.05, 0.1) is 24.3 Å². The van der Waals surface area contributed by atoms with E-state index in [4.69, 9.17) is 4.74 Å². The van der Waals surface area contributed by atoms with Crippen molar-refractivity contribution in [1.82, 2.24) is 0 Å². The van der Waals surface area contributed by atoms with Gasteiger partial charge in [0, 0.05) is 17.2 Å². The first kappa shape index (κ1) is 22.4. The number of ketones is 1. The summed E-state index contributed by atoms with van der Waals surface area (Å²) in [5.74, 6) is -2.84. The number of fused-ring (bicyclic) bond motifs is 2. The van der Waals surface area contributed by atoms with Crippen LogP contribution in [-0.4, -0.2) is 88.9 Å². The third-order valence-corrected chi connectivity index (χ3v) is 6.04. The number of hydrogen-bond acceptors (Lipinski definition) is 11. The van der Waals surface area contributed by atoms with Crippen LogP contribution in [0.5, 0.6) is 17.2 Å². The Hall–Kier alpha value is -2.77. The topological polar surface area (TPSA) is 208 Å². The fourth-order valence-electron chi connectivity index (χ4n) is 4.49. The molecule has 0 aromatic heterocycles. The fourth-order valence-corrected chi connectivity index (χ4v) is 4.49.